The Morgan fingerprint density at radius 3 is 2.52 bits per heavy atom. The van der Waals surface area contributed by atoms with Gasteiger partial charge in [0.15, 0.2) is 0 Å². The SMILES string of the molecule is O=C(SCC1C(=O)OCC1c1ccc(Cl)cc1)c1ccccc1. The Bertz CT molecular complexity index is 700. The smallest absolute Gasteiger partial charge is 0.310 e. The lowest BCUT2D eigenvalue weighted by Gasteiger charge is -2.15. The van der Waals surface area contributed by atoms with E-state index < -0.39 is 0 Å². The van der Waals surface area contributed by atoms with Gasteiger partial charge in [0.2, 0.25) is 5.12 Å². The first kappa shape index (κ1) is 16.1. The van der Waals surface area contributed by atoms with E-state index in [2.05, 4.69) is 0 Å². The maximum Gasteiger partial charge on any atom is 0.310 e. The van der Waals surface area contributed by atoms with Gasteiger partial charge in [-0.3, -0.25) is 9.59 Å². The molecule has 0 aromatic heterocycles. The van der Waals surface area contributed by atoms with Gasteiger partial charge in [-0.1, -0.05) is 65.8 Å². The third-order valence-corrected chi connectivity index (χ3v) is 5.17. The molecule has 0 N–H and O–H groups in total. The maximum absolute atomic E-state index is 12.2. The summed E-state index contributed by atoms with van der Waals surface area (Å²) in [5, 5.41) is 0.629. The number of carbonyl (C=O) groups is 2. The lowest BCUT2D eigenvalue weighted by Crippen LogP contribution is -2.18. The van der Waals surface area contributed by atoms with Crippen molar-refractivity contribution in [1.82, 2.24) is 0 Å². The zero-order valence-corrected chi connectivity index (χ0v) is 13.8. The van der Waals surface area contributed by atoms with Gasteiger partial charge in [-0.25, -0.2) is 0 Å². The number of hydrogen-bond donors (Lipinski definition) is 0. The van der Waals surface area contributed by atoms with E-state index in [1.165, 1.54) is 11.8 Å². The minimum absolute atomic E-state index is 0.0276. The van der Waals surface area contributed by atoms with E-state index in [9.17, 15) is 9.59 Å². The Morgan fingerprint density at radius 2 is 1.83 bits per heavy atom. The minimum Gasteiger partial charge on any atom is -0.465 e. The van der Waals surface area contributed by atoms with Gasteiger partial charge in [-0.05, 0) is 17.7 Å². The molecule has 5 heteroatoms. The van der Waals surface area contributed by atoms with Crippen molar-refractivity contribution in [3.63, 3.8) is 0 Å². The molecule has 2 unspecified atom stereocenters. The summed E-state index contributed by atoms with van der Waals surface area (Å²) in [5.74, 6) is -0.164. The molecule has 0 amide bonds. The Kier molecular flexibility index (Phi) is 5.03. The molecule has 2 aromatic carbocycles. The molecule has 1 aliphatic heterocycles. The highest BCUT2D eigenvalue weighted by molar-refractivity contribution is 8.14. The highest BCUT2D eigenvalue weighted by Gasteiger charge is 2.38. The first-order valence-corrected chi connectivity index (χ1v) is 8.66. The summed E-state index contributed by atoms with van der Waals surface area (Å²) >= 11 is 7.07. The van der Waals surface area contributed by atoms with Gasteiger partial charge in [0.1, 0.15) is 0 Å². The summed E-state index contributed by atoms with van der Waals surface area (Å²) in [6.07, 6.45) is 0. The van der Waals surface area contributed by atoms with E-state index in [-0.39, 0.29) is 22.9 Å². The number of benzene rings is 2. The van der Waals surface area contributed by atoms with Crippen molar-refractivity contribution >= 4 is 34.4 Å². The van der Waals surface area contributed by atoms with E-state index in [4.69, 9.17) is 16.3 Å². The number of thioether (sulfide) groups is 1. The van der Waals surface area contributed by atoms with Gasteiger partial charge in [0.25, 0.3) is 0 Å². The average molecular weight is 347 g/mol. The normalized spacial score (nSPS) is 20.3. The molecule has 3 nitrogen and oxygen atoms in total. The van der Waals surface area contributed by atoms with Crippen LogP contribution in [0.5, 0.6) is 0 Å². The molecule has 2 aromatic rings. The molecule has 2 atom stereocenters. The van der Waals surface area contributed by atoms with Crippen LogP contribution in [0.25, 0.3) is 0 Å². The van der Waals surface area contributed by atoms with Gasteiger partial charge in [0, 0.05) is 22.3 Å². The lowest BCUT2D eigenvalue weighted by molar-refractivity contribution is -0.140. The number of hydrogen-bond acceptors (Lipinski definition) is 4. The summed E-state index contributed by atoms with van der Waals surface area (Å²) in [4.78, 5) is 24.2. The molecule has 118 valence electrons. The van der Waals surface area contributed by atoms with Crippen LogP contribution >= 0.6 is 23.4 Å². The highest BCUT2D eigenvalue weighted by atomic mass is 35.5. The molecule has 0 aliphatic carbocycles. The van der Waals surface area contributed by atoms with E-state index in [1.807, 2.05) is 30.3 Å². The van der Waals surface area contributed by atoms with Crippen LogP contribution in [0.2, 0.25) is 5.02 Å². The van der Waals surface area contributed by atoms with Crippen molar-refractivity contribution in [3.05, 3.63) is 70.7 Å². The summed E-state index contributed by atoms with van der Waals surface area (Å²) in [5.41, 5.74) is 1.66. The highest BCUT2D eigenvalue weighted by Crippen LogP contribution is 2.35. The summed E-state index contributed by atoms with van der Waals surface area (Å²) in [7, 11) is 0. The third kappa shape index (κ3) is 3.77. The van der Waals surface area contributed by atoms with Crippen molar-refractivity contribution < 1.29 is 14.3 Å². The fraction of sp³-hybridized carbons (Fsp3) is 0.222. The predicted molar refractivity (Wildman–Crippen MR) is 91.9 cm³/mol. The van der Waals surface area contributed by atoms with Gasteiger partial charge in [-0.15, -0.1) is 0 Å². The standard InChI is InChI=1S/C18H15ClO3S/c19-14-8-6-12(7-9-14)15-10-22-17(20)16(15)11-23-18(21)13-4-2-1-3-5-13/h1-9,15-16H,10-11H2. The molecule has 3 rings (SSSR count). The van der Waals surface area contributed by atoms with Crippen LogP contribution < -0.4 is 0 Å². The molecule has 1 heterocycles. The second-order valence-electron chi connectivity index (χ2n) is 5.36. The minimum atomic E-state index is -0.311. The van der Waals surface area contributed by atoms with E-state index >= 15 is 0 Å². The molecule has 0 spiro atoms. The third-order valence-electron chi connectivity index (χ3n) is 3.90. The van der Waals surface area contributed by atoms with Gasteiger partial charge in [0.05, 0.1) is 12.5 Å². The maximum atomic E-state index is 12.2. The van der Waals surface area contributed by atoms with Crippen LogP contribution in [0.1, 0.15) is 21.8 Å². The van der Waals surface area contributed by atoms with Gasteiger partial charge >= 0.3 is 5.97 Å². The van der Waals surface area contributed by atoms with Gasteiger partial charge < -0.3 is 4.74 Å². The summed E-state index contributed by atoms with van der Waals surface area (Å²) < 4.78 is 5.20. The monoisotopic (exact) mass is 346 g/mol. The number of rotatable bonds is 4. The van der Waals surface area contributed by atoms with Crippen molar-refractivity contribution in [3.8, 4) is 0 Å². The summed E-state index contributed by atoms with van der Waals surface area (Å²) in [6, 6.07) is 16.5. The molecule has 1 saturated heterocycles. The van der Waals surface area contributed by atoms with Crippen LogP contribution in [-0.2, 0) is 9.53 Å². The van der Waals surface area contributed by atoms with E-state index in [0.717, 1.165) is 5.56 Å². The average Bonchev–Trinajstić information content (AvgIpc) is 2.95. The fourth-order valence-corrected chi connectivity index (χ4v) is 3.73. The first-order chi connectivity index (χ1) is 11.1. The molecule has 0 saturated carbocycles. The van der Waals surface area contributed by atoms with Gasteiger partial charge in [-0.2, -0.15) is 0 Å². The quantitative estimate of drug-likeness (QED) is 0.779. The Morgan fingerprint density at radius 1 is 1.13 bits per heavy atom. The second kappa shape index (κ2) is 7.20. The number of esters is 1. The molecule has 23 heavy (non-hydrogen) atoms. The molecular weight excluding hydrogens is 332 g/mol. The van der Waals surface area contributed by atoms with Crippen LogP contribution in [0, 0.1) is 5.92 Å². The number of halogens is 1. The lowest BCUT2D eigenvalue weighted by atomic mass is 9.90. The van der Waals surface area contributed by atoms with Crippen LogP contribution in [0.4, 0.5) is 0 Å². The molecule has 1 aliphatic rings. The van der Waals surface area contributed by atoms with Crippen molar-refractivity contribution in [1.29, 1.82) is 0 Å². The molecular formula is C18H15ClO3S. The van der Waals surface area contributed by atoms with E-state index in [0.29, 0.717) is 22.9 Å². The van der Waals surface area contributed by atoms with Crippen molar-refractivity contribution in [2.24, 2.45) is 5.92 Å². The van der Waals surface area contributed by atoms with Crippen LogP contribution in [0.15, 0.2) is 54.6 Å². The van der Waals surface area contributed by atoms with Crippen molar-refractivity contribution in [2.45, 2.75) is 5.92 Å². The van der Waals surface area contributed by atoms with E-state index in [1.54, 1.807) is 24.3 Å². The van der Waals surface area contributed by atoms with Crippen molar-refractivity contribution in [2.75, 3.05) is 12.4 Å². The zero-order valence-electron chi connectivity index (χ0n) is 12.3. The molecule has 0 radical (unpaired) electrons. The predicted octanol–water partition coefficient (Wildman–Crippen LogP) is 4.17. The Hall–Kier alpha value is -1.78. The second-order valence-corrected chi connectivity index (χ2v) is 6.79. The number of carbonyl (C=O) groups excluding carboxylic acids is 2. The fourth-order valence-electron chi connectivity index (χ4n) is 2.61. The first-order valence-electron chi connectivity index (χ1n) is 7.29. The topological polar surface area (TPSA) is 43.4 Å². The van der Waals surface area contributed by atoms with Crippen LogP contribution in [0.3, 0.4) is 0 Å². The molecule has 0 bridgehead atoms. The Balaban J connectivity index is 1.68. The summed E-state index contributed by atoms with van der Waals surface area (Å²) in [6.45, 7) is 0.352. The Labute approximate surface area is 144 Å². The zero-order chi connectivity index (χ0) is 16.2. The number of ether oxygens (including phenoxy) is 1. The number of cyclic esters (lactones) is 1. The largest absolute Gasteiger partial charge is 0.465 e. The molecule has 1 fully saturated rings. The van der Waals surface area contributed by atoms with Crippen LogP contribution in [-0.4, -0.2) is 23.4 Å².